The number of carboxylic acids is 1. The molecule has 2 rings (SSSR count). The lowest BCUT2D eigenvalue weighted by molar-refractivity contribution is -0.136. The molecular formula is C14H18BrNO2. The fraction of sp³-hybridized carbons (Fsp3) is 0.500. The van der Waals surface area contributed by atoms with E-state index >= 15 is 0 Å². The first-order valence-corrected chi connectivity index (χ1v) is 7.15. The summed E-state index contributed by atoms with van der Waals surface area (Å²) in [7, 11) is 0. The van der Waals surface area contributed by atoms with Crippen LogP contribution in [0.1, 0.15) is 37.7 Å². The maximum atomic E-state index is 10.8. The smallest absolute Gasteiger partial charge is 0.317 e. The van der Waals surface area contributed by atoms with Crippen LogP contribution >= 0.6 is 15.9 Å². The first-order chi connectivity index (χ1) is 8.62. The van der Waals surface area contributed by atoms with Crippen molar-refractivity contribution < 1.29 is 9.90 Å². The summed E-state index contributed by atoms with van der Waals surface area (Å²) in [5, 5.41) is 12.1. The van der Waals surface area contributed by atoms with Gasteiger partial charge in [-0.15, -0.1) is 0 Å². The van der Waals surface area contributed by atoms with E-state index < -0.39 is 5.97 Å². The number of hydrogen-bond acceptors (Lipinski definition) is 2. The molecule has 0 spiro atoms. The molecular weight excluding hydrogens is 294 g/mol. The van der Waals surface area contributed by atoms with Crippen molar-refractivity contribution >= 4 is 21.9 Å². The van der Waals surface area contributed by atoms with E-state index in [1.54, 1.807) is 0 Å². The molecule has 2 N–H and O–H groups in total. The van der Waals surface area contributed by atoms with Crippen LogP contribution in [0.4, 0.5) is 0 Å². The van der Waals surface area contributed by atoms with E-state index in [1.165, 1.54) is 12.0 Å². The van der Waals surface area contributed by atoms with Gasteiger partial charge in [0.05, 0.1) is 6.54 Å². The Bertz CT molecular complexity index is 428. The Kier molecular flexibility index (Phi) is 4.40. The Hall–Kier alpha value is -0.870. The highest BCUT2D eigenvalue weighted by molar-refractivity contribution is 9.10. The Morgan fingerprint density at radius 2 is 2.06 bits per heavy atom. The summed E-state index contributed by atoms with van der Waals surface area (Å²) in [6.07, 6.45) is 5.57. The maximum absolute atomic E-state index is 10.8. The summed E-state index contributed by atoms with van der Waals surface area (Å²) in [5.74, 6) is -0.796. The molecule has 18 heavy (non-hydrogen) atoms. The van der Waals surface area contributed by atoms with E-state index in [0.717, 1.165) is 30.2 Å². The van der Waals surface area contributed by atoms with Gasteiger partial charge in [-0.1, -0.05) is 47.3 Å². The van der Waals surface area contributed by atoms with Crippen molar-refractivity contribution in [3.63, 3.8) is 0 Å². The average molecular weight is 312 g/mol. The molecule has 1 aliphatic carbocycles. The van der Waals surface area contributed by atoms with E-state index in [2.05, 4.69) is 33.4 Å². The molecule has 0 amide bonds. The Balaban J connectivity index is 2.25. The number of carboxylic acid groups (broad SMARTS) is 1. The zero-order valence-corrected chi connectivity index (χ0v) is 11.9. The van der Waals surface area contributed by atoms with Crippen LogP contribution in [0.25, 0.3) is 0 Å². The molecule has 1 saturated carbocycles. The first-order valence-electron chi connectivity index (χ1n) is 6.35. The van der Waals surface area contributed by atoms with Gasteiger partial charge in [0.2, 0.25) is 0 Å². The van der Waals surface area contributed by atoms with Gasteiger partial charge < -0.3 is 5.11 Å². The zero-order valence-electron chi connectivity index (χ0n) is 10.3. The van der Waals surface area contributed by atoms with Crippen LogP contribution in [0.3, 0.4) is 0 Å². The Labute approximate surface area is 116 Å². The first kappa shape index (κ1) is 13.6. The highest BCUT2D eigenvalue weighted by atomic mass is 79.9. The number of aliphatic carboxylic acids is 1. The second-order valence-corrected chi connectivity index (χ2v) is 5.82. The predicted molar refractivity (Wildman–Crippen MR) is 74.5 cm³/mol. The minimum absolute atomic E-state index is 0.0204. The minimum Gasteiger partial charge on any atom is -0.480 e. The van der Waals surface area contributed by atoms with Crippen LogP contribution in [0, 0.1) is 0 Å². The molecule has 1 aromatic rings. The number of hydrogen-bond donors (Lipinski definition) is 2. The topological polar surface area (TPSA) is 49.3 Å². The van der Waals surface area contributed by atoms with Crippen molar-refractivity contribution in [3.05, 3.63) is 34.3 Å². The Morgan fingerprint density at radius 3 is 2.67 bits per heavy atom. The third-order valence-electron chi connectivity index (χ3n) is 3.66. The molecule has 0 atom stereocenters. The second kappa shape index (κ2) is 5.85. The van der Waals surface area contributed by atoms with E-state index in [9.17, 15) is 4.79 Å². The summed E-state index contributed by atoms with van der Waals surface area (Å²) in [6, 6.07) is 8.19. The van der Waals surface area contributed by atoms with Crippen molar-refractivity contribution in [2.75, 3.05) is 6.54 Å². The van der Waals surface area contributed by atoms with E-state index in [1.807, 2.05) is 12.1 Å². The van der Waals surface area contributed by atoms with Gasteiger partial charge in [0.25, 0.3) is 0 Å². The van der Waals surface area contributed by atoms with Crippen LogP contribution in [-0.4, -0.2) is 17.6 Å². The normalized spacial score (nSPS) is 18.5. The van der Waals surface area contributed by atoms with Crippen LogP contribution in [-0.2, 0) is 10.3 Å². The summed E-state index contributed by atoms with van der Waals surface area (Å²) in [4.78, 5) is 10.8. The predicted octanol–water partition coefficient (Wildman–Crippen LogP) is 3.28. The molecule has 0 heterocycles. The molecule has 4 heteroatoms. The lowest BCUT2D eigenvalue weighted by atomic mass is 9.76. The molecule has 3 nitrogen and oxygen atoms in total. The molecule has 0 aromatic heterocycles. The molecule has 1 fully saturated rings. The fourth-order valence-electron chi connectivity index (χ4n) is 2.75. The molecule has 98 valence electrons. The number of nitrogens with one attached hydrogen (secondary N) is 1. The molecule has 0 aliphatic heterocycles. The molecule has 1 aliphatic rings. The standard InChI is InChI=1S/C14H18BrNO2/c15-12-6-4-5-11(9-12)14(16-10-13(17)18)7-2-1-3-8-14/h4-6,9,16H,1-3,7-8,10H2,(H,17,18). The SMILES string of the molecule is O=C(O)CNC1(c2cccc(Br)c2)CCCCC1. The molecule has 1 aromatic carbocycles. The van der Waals surface area contributed by atoms with Gasteiger partial charge in [0.1, 0.15) is 0 Å². The summed E-state index contributed by atoms with van der Waals surface area (Å²) < 4.78 is 1.04. The van der Waals surface area contributed by atoms with E-state index in [0.29, 0.717) is 0 Å². The molecule has 0 bridgehead atoms. The van der Waals surface area contributed by atoms with Gasteiger partial charge in [0.15, 0.2) is 0 Å². The highest BCUT2D eigenvalue weighted by Crippen LogP contribution is 2.37. The van der Waals surface area contributed by atoms with E-state index in [-0.39, 0.29) is 12.1 Å². The lowest BCUT2D eigenvalue weighted by Crippen LogP contribution is -2.46. The number of benzene rings is 1. The third kappa shape index (κ3) is 3.12. The van der Waals surface area contributed by atoms with Crippen molar-refractivity contribution in [2.24, 2.45) is 0 Å². The van der Waals surface area contributed by atoms with Crippen molar-refractivity contribution in [1.29, 1.82) is 0 Å². The maximum Gasteiger partial charge on any atom is 0.317 e. The zero-order chi connectivity index (χ0) is 13.0. The quantitative estimate of drug-likeness (QED) is 0.897. The monoisotopic (exact) mass is 311 g/mol. The number of halogens is 1. The van der Waals surface area contributed by atoms with Crippen LogP contribution in [0.2, 0.25) is 0 Å². The van der Waals surface area contributed by atoms with Crippen molar-refractivity contribution in [2.45, 2.75) is 37.6 Å². The van der Waals surface area contributed by atoms with E-state index in [4.69, 9.17) is 5.11 Å². The fourth-order valence-corrected chi connectivity index (χ4v) is 3.15. The lowest BCUT2D eigenvalue weighted by Gasteiger charge is -2.38. The van der Waals surface area contributed by atoms with Gasteiger partial charge in [-0.05, 0) is 30.5 Å². The van der Waals surface area contributed by atoms with Crippen LogP contribution in [0.5, 0.6) is 0 Å². The van der Waals surface area contributed by atoms with Gasteiger partial charge in [-0.2, -0.15) is 0 Å². The Morgan fingerprint density at radius 1 is 1.33 bits per heavy atom. The molecule has 0 unspecified atom stereocenters. The molecule has 0 radical (unpaired) electrons. The van der Waals surface area contributed by atoms with Gasteiger partial charge >= 0.3 is 5.97 Å². The minimum atomic E-state index is -0.796. The summed E-state index contributed by atoms with van der Waals surface area (Å²) in [6.45, 7) is 0.0204. The highest BCUT2D eigenvalue weighted by Gasteiger charge is 2.33. The number of rotatable bonds is 4. The summed E-state index contributed by atoms with van der Waals surface area (Å²) in [5.41, 5.74) is 1.03. The van der Waals surface area contributed by atoms with Crippen LogP contribution in [0.15, 0.2) is 28.7 Å². The van der Waals surface area contributed by atoms with Crippen molar-refractivity contribution in [3.8, 4) is 0 Å². The second-order valence-electron chi connectivity index (χ2n) is 4.90. The largest absolute Gasteiger partial charge is 0.480 e. The average Bonchev–Trinajstić information content (AvgIpc) is 2.37. The molecule has 0 saturated heterocycles. The van der Waals surface area contributed by atoms with Crippen molar-refractivity contribution in [1.82, 2.24) is 5.32 Å². The van der Waals surface area contributed by atoms with Gasteiger partial charge in [0, 0.05) is 10.0 Å². The summed E-state index contributed by atoms with van der Waals surface area (Å²) >= 11 is 3.49. The van der Waals surface area contributed by atoms with Gasteiger partial charge in [-0.25, -0.2) is 0 Å². The third-order valence-corrected chi connectivity index (χ3v) is 4.16. The van der Waals surface area contributed by atoms with Gasteiger partial charge in [-0.3, -0.25) is 10.1 Å². The number of carbonyl (C=O) groups is 1. The van der Waals surface area contributed by atoms with Crippen LogP contribution < -0.4 is 5.32 Å².